The lowest BCUT2D eigenvalue weighted by Gasteiger charge is -2.14. The van der Waals surface area contributed by atoms with Gasteiger partial charge >= 0.3 is 0 Å². The summed E-state index contributed by atoms with van der Waals surface area (Å²) in [5.74, 6) is 0.932. The normalized spacial score (nSPS) is 11.2. The van der Waals surface area contributed by atoms with Crippen LogP contribution in [-0.4, -0.2) is 52.5 Å². The third-order valence-electron chi connectivity index (χ3n) is 5.40. The number of furan rings is 1. The van der Waals surface area contributed by atoms with Crippen LogP contribution in [0.5, 0.6) is 0 Å². The van der Waals surface area contributed by atoms with Crippen LogP contribution in [0.15, 0.2) is 64.0 Å². The van der Waals surface area contributed by atoms with Crippen LogP contribution in [0.4, 0.5) is 5.95 Å². The summed E-state index contributed by atoms with van der Waals surface area (Å²) in [4.78, 5) is 36.6. The van der Waals surface area contributed by atoms with Crippen LogP contribution < -0.4 is 16.2 Å². The fourth-order valence-electron chi connectivity index (χ4n) is 3.63. The molecule has 3 heterocycles. The van der Waals surface area contributed by atoms with Crippen LogP contribution in [0.1, 0.15) is 28.2 Å². The molecule has 1 amide bonds. The Kier molecular flexibility index (Phi) is 7.03. The molecule has 0 unspecified atom stereocenters. The van der Waals surface area contributed by atoms with Gasteiger partial charge < -0.3 is 20.0 Å². The van der Waals surface area contributed by atoms with Gasteiger partial charge in [-0.1, -0.05) is 0 Å². The van der Waals surface area contributed by atoms with Gasteiger partial charge in [-0.3, -0.25) is 14.2 Å². The molecule has 0 fully saturated rings. The topological polar surface area (TPSA) is 105 Å². The molecular weight excluding hydrogens is 432 g/mol. The number of pyridine rings is 1. The number of amides is 1. The zero-order chi connectivity index (χ0) is 24.1. The predicted molar refractivity (Wildman–Crippen MR) is 131 cm³/mol. The van der Waals surface area contributed by atoms with Gasteiger partial charge in [0.25, 0.3) is 11.5 Å². The fourth-order valence-corrected chi connectivity index (χ4v) is 3.63. The minimum Gasteiger partial charge on any atom is -0.467 e. The molecule has 0 radical (unpaired) electrons. The van der Waals surface area contributed by atoms with Crippen LogP contribution >= 0.6 is 0 Å². The molecule has 0 saturated carbocycles. The van der Waals surface area contributed by atoms with Gasteiger partial charge in [0.2, 0.25) is 5.95 Å². The van der Waals surface area contributed by atoms with Crippen LogP contribution in [0.3, 0.4) is 0 Å². The Hall–Kier alpha value is -3.98. The molecule has 3 aromatic heterocycles. The second-order valence-electron chi connectivity index (χ2n) is 8.27. The van der Waals surface area contributed by atoms with Crippen molar-refractivity contribution in [2.24, 2.45) is 0 Å². The first-order valence-electron chi connectivity index (χ1n) is 11.1. The number of aryl methyl sites for hydroxylation is 1. The number of carbonyl (C=O) groups is 1. The maximum atomic E-state index is 12.8. The van der Waals surface area contributed by atoms with Crippen LogP contribution in [0.2, 0.25) is 0 Å². The molecule has 34 heavy (non-hydrogen) atoms. The standard InChI is InChI=1S/C25H28N6O3/c1-17-21-11-12-22(32)31(23(21)29-25(28-17)26-13-5-14-30(2)3)19-9-7-18(8-10-19)24(33)27-16-20-6-4-15-34-20/h4,6-12,15H,5,13-14,16H2,1-3H3,(H,27,33)(H,26,28,29). The van der Waals surface area contributed by atoms with Crippen molar-refractivity contribution in [1.29, 1.82) is 0 Å². The molecule has 0 spiro atoms. The SMILES string of the molecule is Cc1nc(NCCCN(C)C)nc2c1ccc(=O)n2-c1ccc(C(=O)NCc2ccco2)cc1. The van der Waals surface area contributed by atoms with Gasteiger partial charge in [-0.05, 0) is 76.4 Å². The lowest BCUT2D eigenvalue weighted by molar-refractivity contribution is 0.0948. The van der Waals surface area contributed by atoms with E-state index >= 15 is 0 Å². The quantitative estimate of drug-likeness (QED) is 0.370. The number of fused-ring (bicyclic) bond motifs is 1. The summed E-state index contributed by atoms with van der Waals surface area (Å²) < 4.78 is 6.78. The first-order chi connectivity index (χ1) is 16.4. The highest BCUT2D eigenvalue weighted by Crippen LogP contribution is 2.19. The molecule has 0 aliphatic rings. The molecule has 0 saturated heterocycles. The van der Waals surface area contributed by atoms with E-state index in [4.69, 9.17) is 4.42 Å². The number of carbonyl (C=O) groups excluding carboxylic acids is 1. The lowest BCUT2D eigenvalue weighted by Crippen LogP contribution is -2.23. The van der Waals surface area contributed by atoms with Gasteiger partial charge in [-0.15, -0.1) is 0 Å². The van der Waals surface area contributed by atoms with Gasteiger partial charge in [0.05, 0.1) is 24.2 Å². The molecule has 9 nitrogen and oxygen atoms in total. The highest BCUT2D eigenvalue weighted by atomic mass is 16.3. The highest BCUT2D eigenvalue weighted by molar-refractivity contribution is 5.94. The maximum Gasteiger partial charge on any atom is 0.256 e. The Labute approximate surface area is 197 Å². The highest BCUT2D eigenvalue weighted by Gasteiger charge is 2.13. The second-order valence-corrected chi connectivity index (χ2v) is 8.27. The van der Waals surface area contributed by atoms with Gasteiger partial charge in [-0.2, -0.15) is 4.98 Å². The molecule has 1 aromatic carbocycles. The van der Waals surface area contributed by atoms with Crippen LogP contribution in [0.25, 0.3) is 16.7 Å². The average molecular weight is 461 g/mol. The summed E-state index contributed by atoms with van der Waals surface area (Å²) >= 11 is 0. The molecule has 9 heteroatoms. The van der Waals surface area contributed by atoms with E-state index in [0.717, 1.165) is 30.6 Å². The number of hydrogen-bond acceptors (Lipinski definition) is 7. The molecule has 176 valence electrons. The van der Waals surface area contributed by atoms with E-state index in [9.17, 15) is 9.59 Å². The van der Waals surface area contributed by atoms with Crippen molar-refractivity contribution in [2.75, 3.05) is 32.5 Å². The largest absolute Gasteiger partial charge is 0.467 e. The summed E-state index contributed by atoms with van der Waals surface area (Å²) in [6, 6.07) is 13.7. The van der Waals surface area contributed by atoms with Crippen LogP contribution in [0, 0.1) is 6.92 Å². The molecule has 0 atom stereocenters. The minimum atomic E-state index is -0.226. The Morgan fingerprint density at radius 2 is 1.88 bits per heavy atom. The summed E-state index contributed by atoms with van der Waals surface area (Å²) in [5.41, 5.74) is 2.19. The Morgan fingerprint density at radius 3 is 2.59 bits per heavy atom. The average Bonchev–Trinajstić information content (AvgIpc) is 3.34. The molecule has 2 N–H and O–H groups in total. The molecular formula is C25H28N6O3. The number of anilines is 1. The third-order valence-corrected chi connectivity index (χ3v) is 5.40. The molecule has 4 aromatic rings. The third kappa shape index (κ3) is 5.32. The van der Waals surface area contributed by atoms with E-state index in [1.807, 2.05) is 21.0 Å². The van der Waals surface area contributed by atoms with E-state index in [-0.39, 0.29) is 11.5 Å². The van der Waals surface area contributed by atoms with E-state index in [1.54, 1.807) is 53.3 Å². The number of nitrogens with zero attached hydrogens (tertiary/aromatic N) is 4. The van der Waals surface area contributed by atoms with Gasteiger partial charge in [0.15, 0.2) is 5.65 Å². The molecule has 4 rings (SSSR count). The van der Waals surface area contributed by atoms with E-state index in [0.29, 0.717) is 35.2 Å². The summed E-state index contributed by atoms with van der Waals surface area (Å²) in [6.45, 7) is 3.88. The van der Waals surface area contributed by atoms with E-state index < -0.39 is 0 Å². The summed E-state index contributed by atoms with van der Waals surface area (Å²) in [6.07, 6.45) is 2.51. The predicted octanol–water partition coefficient (Wildman–Crippen LogP) is 2.98. The van der Waals surface area contributed by atoms with Crippen molar-refractivity contribution >= 4 is 22.9 Å². The maximum absolute atomic E-state index is 12.8. The van der Waals surface area contributed by atoms with E-state index in [2.05, 4.69) is 25.5 Å². The first kappa shape index (κ1) is 23.2. The van der Waals surface area contributed by atoms with E-state index in [1.165, 1.54) is 6.07 Å². The van der Waals surface area contributed by atoms with Gasteiger partial charge in [0.1, 0.15) is 5.76 Å². The van der Waals surface area contributed by atoms with Crippen LogP contribution in [-0.2, 0) is 6.54 Å². The smallest absolute Gasteiger partial charge is 0.256 e. The minimum absolute atomic E-state index is 0.209. The van der Waals surface area contributed by atoms with Crippen molar-refractivity contribution in [1.82, 2.24) is 24.8 Å². The Bertz CT molecular complexity index is 1330. The van der Waals surface area contributed by atoms with Crippen molar-refractivity contribution in [2.45, 2.75) is 19.9 Å². The summed E-state index contributed by atoms with van der Waals surface area (Å²) in [5, 5.41) is 6.86. The van der Waals surface area contributed by atoms with Crippen molar-refractivity contribution in [3.63, 3.8) is 0 Å². The van der Waals surface area contributed by atoms with Crippen molar-refractivity contribution < 1.29 is 9.21 Å². The van der Waals surface area contributed by atoms with Crippen molar-refractivity contribution in [3.8, 4) is 5.69 Å². The van der Waals surface area contributed by atoms with Gasteiger partial charge in [-0.25, -0.2) is 4.98 Å². The Morgan fingerprint density at radius 1 is 1.09 bits per heavy atom. The monoisotopic (exact) mass is 460 g/mol. The number of aromatic nitrogens is 3. The molecule has 0 bridgehead atoms. The number of benzene rings is 1. The van der Waals surface area contributed by atoms with Gasteiger partial charge in [0, 0.05) is 23.6 Å². The summed E-state index contributed by atoms with van der Waals surface area (Å²) in [7, 11) is 4.06. The van der Waals surface area contributed by atoms with Crippen molar-refractivity contribution in [3.05, 3.63) is 82.2 Å². The second kappa shape index (κ2) is 10.3. The molecule has 0 aliphatic heterocycles. The lowest BCUT2D eigenvalue weighted by atomic mass is 10.1. The number of hydrogen-bond donors (Lipinski definition) is 2. The molecule has 0 aliphatic carbocycles. The first-order valence-corrected chi connectivity index (χ1v) is 11.1. The number of nitrogens with one attached hydrogen (secondary N) is 2. The Balaban J connectivity index is 1.59. The number of rotatable bonds is 9. The zero-order valence-electron chi connectivity index (χ0n) is 19.5. The fraction of sp³-hybridized carbons (Fsp3) is 0.280. The zero-order valence-corrected chi connectivity index (χ0v) is 19.5.